The van der Waals surface area contributed by atoms with Crippen LogP contribution in [-0.2, 0) is 11.0 Å². The van der Waals surface area contributed by atoms with E-state index in [1.165, 1.54) is 31.2 Å². The second kappa shape index (κ2) is 7.19. The third-order valence-corrected chi connectivity index (χ3v) is 5.06. The Morgan fingerprint density at radius 1 is 1.18 bits per heavy atom. The maximum Gasteiger partial charge on any atom is 0.416 e. The molecule has 3 aromatic rings. The Labute approximate surface area is 159 Å². The number of alkyl halides is 3. The van der Waals surface area contributed by atoms with Crippen LogP contribution in [0.15, 0.2) is 47.5 Å². The minimum Gasteiger partial charge on any atom is -0.480 e. The van der Waals surface area contributed by atoms with Gasteiger partial charge >= 0.3 is 12.1 Å². The quantitative estimate of drug-likeness (QED) is 0.654. The molecule has 1 unspecified atom stereocenters. The summed E-state index contributed by atoms with van der Waals surface area (Å²) in [6.07, 6.45) is -4.63. The van der Waals surface area contributed by atoms with Gasteiger partial charge in [0.25, 0.3) is 5.91 Å². The van der Waals surface area contributed by atoms with Crippen molar-refractivity contribution in [2.24, 2.45) is 4.99 Å². The molecule has 3 rings (SSSR count). The molecule has 0 aliphatic carbocycles. The SMILES string of the molecule is CC(C(=O)O)n1/c(=N/C(=O)c2cccc(C(F)(F)F)c2)sc2c(F)cccc21. The lowest BCUT2D eigenvalue weighted by Gasteiger charge is -2.10. The molecule has 1 N–H and O–H groups in total. The molecule has 2 aromatic carbocycles. The first kappa shape index (κ1) is 19.7. The molecular formula is C18H12F4N2O3S. The van der Waals surface area contributed by atoms with Crippen LogP contribution >= 0.6 is 11.3 Å². The van der Waals surface area contributed by atoms with Crippen molar-refractivity contribution in [2.45, 2.75) is 19.1 Å². The lowest BCUT2D eigenvalue weighted by Crippen LogP contribution is -2.25. The van der Waals surface area contributed by atoms with Gasteiger partial charge < -0.3 is 9.67 Å². The Morgan fingerprint density at radius 3 is 2.50 bits per heavy atom. The van der Waals surface area contributed by atoms with E-state index in [0.29, 0.717) is 6.07 Å². The zero-order valence-electron chi connectivity index (χ0n) is 14.2. The van der Waals surface area contributed by atoms with Gasteiger partial charge in [-0.25, -0.2) is 9.18 Å². The highest BCUT2D eigenvalue weighted by Gasteiger charge is 2.31. The van der Waals surface area contributed by atoms with Gasteiger partial charge in [0.15, 0.2) is 4.80 Å². The molecular weight excluding hydrogens is 400 g/mol. The van der Waals surface area contributed by atoms with E-state index in [1.54, 1.807) is 0 Å². The highest BCUT2D eigenvalue weighted by atomic mass is 32.1. The maximum absolute atomic E-state index is 14.1. The number of halogens is 4. The molecule has 0 aliphatic rings. The molecule has 0 saturated carbocycles. The molecule has 1 aromatic heterocycles. The summed E-state index contributed by atoms with van der Waals surface area (Å²) >= 11 is 0.744. The van der Waals surface area contributed by atoms with E-state index in [1.807, 2.05) is 0 Å². The lowest BCUT2D eigenvalue weighted by atomic mass is 10.1. The van der Waals surface area contributed by atoms with Crippen molar-refractivity contribution < 1.29 is 32.3 Å². The van der Waals surface area contributed by atoms with Gasteiger partial charge in [-0.3, -0.25) is 4.79 Å². The summed E-state index contributed by atoms with van der Waals surface area (Å²) in [6, 6.07) is 6.57. The van der Waals surface area contributed by atoms with Crippen LogP contribution in [0.3, 0.4) is 0 Å². The van der Waals surface area contributed by atoms with Crippen molar-refractivity contribution in [1.29, 1.82) is 0 Å². The Bertz CT molecular complexity index is 1150. The number of carbonyl (C=O) groups excluding carboxylic acids is 1. The molecule has 0 aliphatic heterocycles. The zero-order valence-corrected chi connectivity index (χ0v) is 15.0. The summed E-state index contributed by atoms with van der Waals surface area (Å²) in [4.78, 5) is 27.5. The highest BCUT2D eigenvalue weighted by molar-refractivity contribution is 7.16. The van der Waals surface area contributed by atoms with E-state index in [4.69, 9.17) is 0 Å². The number of fused-ring (bicyclic) bond motifs is 1. The third-order valence-electron chi connectivity index (χ3n) is 3.98. The Hall–Kier alpha value is -3.01. The van der Waals surface area contributed by atoms with E-state index in [2.05, 4.69) is 4.99 Å². The monoisotopic (exact) mass is 412 g/mol. The van der Waals surface area contributed by atoms with Crippen molar-refractivity contribution in [1.82, 2.24) is 4.57 Å². The van der Waals surface area contributed by atoms with Crippen LogP contribution in [-0.4, -0.2) is 21.6 Å². The number of amides is 1. The first-order valence-electron chi connectivity index (χ1n) is 7.88. The number of carboxylic acid groups (broad SMARTS) is 1. The van der Waals surface area contributed by atoms with Gasteiger partial charge in [0.1, 0.15) is 11.9 Å². The largest absolute Gasteiger partial charge is 0.480 e. The summed E-state index contributed by atoms with van der Waals surface area (Å²) < 4.78 is 53.9. The number of thiazole rings is 1. The van der Waals surface area contributed by atoms with Crippen LogP contribution < -0.4 is 4.80 Å². The Kier molecular flexibility index (Phi) is 5.07. The molecule has 10 heteroatoms. The topological polar surface area (TPSA) is 71.7 Å². The molecule has 0 saturated heterocycles. The number of aromatic nitrogens is 1. The molecule has 1 amide bonds. The number of hydrogen-bond donors (Lipinski definition) is 1. The average molecular weight is 412 g/mol. The number of rotatable bonds is 3. The molecule has 0 bridgehead atoms. The van der Waals surface area contributed by atoms with Crippen molar-refractivity contribution in [3.63, 3.8) is 0 Å². The summed E-state index contributed by atoms with van der Waals surface area (Å²) in [5.74, 6) is -2.86. The van der Waals surface area contributed by atoms with E-state index < -0.39 is 35.5 Å². The van der Waals surface area contributed by atoms with Crippen molar-refractivity contribution in [3.05, 3.63) is 64.2 Å². The van der Waals surface area contributed by atoms with E-state index >= 15 is 0 Å². The minimum absolute atomic E-state index is 0.0891. The number of hydrogen-bond acceptors (Lipinski definition) is 3. The Morgan fingerprint density at radius 2 is 1.86 bits per heavy atom. The summed E-state index contributed by atoms with van der Waals surface area (Å²) in [6.45, 7) is 1.33. The second-order valence-corrected chi connectivity index (χ2v) is 6.83. The smallest absolute Gasteiger partial charge is 0.416 e. The van der Waals surface area contributed by atoms with Crippen LogP contribution in [0.5, 0.6) is 0 Å². The highest BCUT2D eigenvalue weighted by Crippen LogP contribution is 2.29. The molecule has 28 heavy (non-hydrogen) atoms. The van der Waals surface area contributed by atoms with Crippen LogP contribution in [0, 0.1) is 5.82 Å². The number of benzene rings is 2. The van der Waals surface area contributed by atoms with Crippen LogP contribution in [0.2, 0.25) is 0 Å². The minimum atomic E-state index is -4.63. The zero-order chi connectivity index (χ0) is 20.6. The molecule has 146 valence electrons. The molecule has 0 spiro atoms. The predicted octanol–water partition coefficient (Wildman–Crippen LogP) is 4.25. The Balaban J connectivity index is 2.19. The number of aliphatic carboxylic acids is 1. The van der Waals surface area contributed by atoms with Gasteiger partial charge in [0, 0.05) is 5.56 Å². The number of carboxylic acids is 1. The fourth-order valence-electron chi connectivity index (χ4n) is 2.57. The molecule has 1 heterocycles. The molecule has 1 atom stereocenters. The van der Waals surface area contributed by atoms with Crippen molar-refractivity contribution in [3.8, 4) is 0 Å². The van der Waals surface area contributed by atoms with Gasteiger partial charge in [-0.1, -0.05) is 23.5 Å². The van der Waals surface area contributed by atoms with Crippen molar-refractivity contribution in [2.75, 3.05) is 0 Å². The number of nitrogens with zero attached hydrogens (tertiary/aromatic N) is 2. The normalized spacial score (nSPS) is 13.7. The van der Waals surface area contributed by atoms with Crippen LogP contribution in [0.25, 0.3) is 10.2 Å². The maximum atomic E-state index is 14.1. The lowest BCUT2D eigenvalue weighted by molar-refractivity contribution is -0.140. The van der Waals surface area contributed by atoms with E-state index in [-0.39, 0.29) is 20.6 Å². The molecule has 0 radical (unpaired) electrons. The van der Waals surface area contributed by atoms with Gasteiger partial charge in [-0.05, 0) is 37.3 Å². The fraction of sp³-hybridized carbons (Fsp3) is 0.167. The van der Waals surface area contributed by atoms with E-state index in [0.717, 1.165) is 28.0 Å². The number of carbonyl (C=O) groups is 2. The average Bonchev–Trinajstić information content (AvgIpc) is 2.99. The second-order valence-electron chi connectivity index (χ2n) is 5.85. The summed E-state index contributed by atoms with van der Waals surface area (Å²) in [5.41, 5.74) is -1.11. The van der Waals surface area contributed by atoms with Gasteiger partial charge in [-0.15, -0.1) is 0 Å². The van der Waals surface area contributed by atoms with Gasteiger partial charge in [0.05, 0.1) is 15.8 Å². The standard InChI is InChI=1S/C18H12F4N2O3S/c1-9(16(26)27)24-13-7-3-6-12(19)14(13)28-17(24)23-15(25)10-4-2-5-11(8-10)18(20,21)22/h2-9H,1H3,(H,26,27)/b23-17-. The first-order chi connectivity index (χ1) is 13.1. The summed E-state index contributed by atoms with van der Waals surface area (Å²) in [7, 11) is 0. The van der Waals surface area contributed by atoms with Crippen molar-refractivity contribution >= 4 is 33.4 Å². The van der Waals surface area contributed by atoms with Crippen LogP contribution in [0.1, 0.15) is 28.9 Å². The van der Waals surface area contributed by atoms with Gasteiger partial charge in [0.2, 0.25) is 0 Å². The van der Waals surface area contributed by atoms with E-state index in [9.17, 15) is 32.3 Å². The third kappa shape index (κ3) is 3.68. The van der Waals surface area contributed by atoms with Gasteiger partial charge in [-0.2, -0.15) is 18.2 Å². The fourth-order valence-corrected chi connectivity index (χ4v) is 3.68. The predicted molar refractivity (Wildman–Crippen MR) is 93.5 cm³/mol. The summed E-state index contributed by atoms with van der Waals surface area (Å²) in [5, 5.41) is 9.32. The first-order valence-corrected chi connectivity index (χ1v) is 8.70. The molecule has 0 fully saturated rings. The molecule has 5 nitrogen and oxygen atoms in total. The van der Waals surface area contributed by atoms with Crippen LogP contribution in [0.4, 0.5) is 17.6 Å².